The van der Waals surface area contributed by atoms with Crippen molar-refractivity contribution in [2.45, 2.75) is 0 Å². The Morgan fingerprint density at radius 2 is 0.500 bits per heavy atom. The molecule has 0 heterocycles. The van der Waals surface area contributed by atoms with Gasteiger partial charge in [0.2, 0.25) is 0 Å². The zero-order valence-electron chi connectivity index (χ0n) is 20.2. The lowest BCUT2D eigenvalue weighted by molar-refractivity contribution is 0.362. The standard InChI is InChI=1S/C30H24O6P2/c1-5-15-25(16-6-1)31-37(32-26-17-7-2-8-18-26)35-29-23-13-14-24-30(29)36-38(33-27-19-9-3-10-20-27)34-28-21-11-4-12-22-28/h1-24H. The predicted octanol–water partition coefficient (Wildman–Crippen LogP) is 9.21. The molecule has 0 bridgehead atoms. The maximum Gasteiger partial charge on any atom is 0.530 e. The lowest BCUT2D eigenvalue weighted by Gasteiger charge is -2.21. The fraction of sp³-hybridized carbons (Fsp3) is 0. The summed E-state index contributed by atoms with van der Waals surface area (Å²) in [6, 6.07) is 44.8. The van der Waals surface area contributed by atoms with E-state index in [0.29, 0.717) is 34.5 Å². The van der Waals surface area contributed by atoms with Gasteiger partial charge in [0, 0.05) is 0 Å². The van der Waals surface area contributed by atoms with Gasteiger partial charge in [0.05, 0.1) is 0 Å². The van der Waals surface area contributed by atoms with Crippen molar-refractivity contribution in [1.29, 1.82) is 0 Å². The van der Waals surface area contributed by atoms with Crippen LogP contribution in [0.25, 0.3) is 0 Å². The minimum atomic E-state index is -1.88. The van der Waals surface area contributed by atoms with Crippen molar-refractivity contribution < 1.29 is 27.1 Å². The molecule has 0 spiro atoms. The maximum atomic E-state index is 6.25. The van der Waals surface area contributed by atoms with Crippen molar-refractivity contribution in [3.63, 3.8) is 0 Å². The smallest absolute Gasteiger partial charge is 0.409 e. The Morgan fingerprint density at radius 1 is 0.263 bits per heavy atom. The summed E-state index contributed by atoms with van der Waals surface area (Å²) in [5.41, 5.74) is 0. The molecular weight excluding hydrogens is 518 g/mol. The molecule has 0 aliphatic heterocycles. The molecule has 8 heteroatoms. The van der Waals surface area contributed by atoms with Crippen LogP contribution in [-0.4, -0.2) is 0 Å². The first kappa shape index (κ1) is 25.4. The molecule has 5 rings (SSSR count). The highest BCUT2D eigenvalue weighted by Gasteiger charge is 2.25. The molecule has 0 atom stereocenters. The number of benzene rings is 5. The second-order valence-corrected chi connectivity index (χ2v) is 9.68. The molecule has 5 aromatic rings. The van der Waals surface area contributed by atoms with Gasteiger partial charge in [0.1, 0.15) is 23.0 Å². The van der Waals surface area contributed by atoms with Crippen molar-refractivity contribution in [3.8, 4) is 34.5 Å². The van der Waals surface area contributed by atoms with Crippen LogP contribution in [0, 0.1) is 0 Å². The van der Waals surface area contributed by atoms with Gasteiger partial charge in [-0.1, -0.05) is 84.9 Å². The molecule has 5 aromatic carbocycles. The van der Waals surface area contributed by atoms with Crippen LogP contribution in [0.2, 0.25) is 0 Å². The quantitative estimate of drug-likeness (QED) is 0.147. The van der Waals surface area contributed by atoms with Crippen LogP contribution in [0.1, 0.15) is 0 Å². The van der Waals surface area contributed by atoms with Crippen molar-refractivity contribution in [1.82, 2.24) is 0 Å². The molecule has 0 N–H and O–H groups in total. The lowest BCUT2D eigenvalue weighted by Crippen LogP contribution is -2.05. The summed E-state index contributed by atoms with van der Waals surface area (Å²) in [7, 11) is -3.76. The summed E-state index contributed by atoms with van der Waals surface area (Å²) < 4.78 is 36.8. The van der Waals surface area contributed by atoms with E-state index in [1.807, 2.05) is 133 Å². The maximum absolute atomic E-state index is 6.25. The minimum Gasteiger partial charge on any atom is -0.409 e. The summed E-state index contributed by atoms with van der Waals surface area (Å²) in [4.78, 5) is 0. The summed E-state index contributed by atoms with van der Waals surface area (Å²) in [5, 5.41) is 0. The summed E-state index contributed by atoms with van der Waals surface area (Å²) in [5.74, 6) is 3.33. The van der Waals surface area contributed by atoms with Gasteiger partial charge in [-0.3, -0.25) is 0 Å². The molecule has 0 aliphatic carbocycles. The monoisotopic (exact) mass is 542 g/mol. The Morgan fingerprint density at radius 3 is 0.763 bits per heavy atom. The van der Waals surface area contributed by atoms with Crippen LogP contribution in [0.15, 0.2) is 146 Å². The second kappa shape index (κ2) is 13.3. The van der Waals surface area contributed by atoms with E-state index in [1.165, 1.54) is 0 Å². The summed E-state index contributed by atoms with van der Waals surface area (Å²) >= 11 is 0. The topological polar surface area (TPSA) is 55.4 Å². The first-order valence-corrected chi connectivity index (χ1v) is 14.0. The molecule has 0 fully saturated rings. The number of rotatable bonds is 12. The third-order valence-electron chi connectivity index (χ3n) is 4.89. The van der Waals surface area contributed by atoms with Crippen LogP contribution < -0.4 is 27.1 Å². The van der Waals surface area contributed by atoms with Gasteiger partial charge < -0.3 is 27.1 Å². The van der Waals surface area contributed by atoms with Gasteiger partial charge >= 0.3 is 17.2 Å². The fourth-order valence-electron chi connectivity index (χ4n) is 3.14. The van der Waals surface area contributed by atoms with Gasteiger partial charge in [0.25, 0.3) is 0 Å². The van der Waals surface area contributed by atoms with E-state index in [1.54, 1.807) is 12.1 Å². The molecule has 0 saturated carbocycles. The molecule has 190 valence electrons. The normalized spacial score (nSPS) is 10.6. The summed E-state index contributed by atoms with van der Waals surface area (Å²) in [6.45, 7) is 0. The van der Waals surface area contributed by atoms with Crippen molar-refractivity contribution >= 4 is 17.2 Å². The molecule has 0 saturated heterocycles. The second-order valence-electron chi connectivity index (χ2n) is 7.69. The average Bonchev–Trinajstić information content (AvgIpc) is 2.96. The fourth-order valence-corrected chi connectivity index (χ4v) is 5.16. The number of hydrogen-bond donors (Lipinski definition) is 0. The van der Waals surface area contributed by atoms with Crippen LogP contribution in [0.4, 0.5) is 0 Å². The zero-order chi connectivity index (χ0) is 25.8. The number of para-hydroxylation sites is 6. The van der Waals surface area contributed by atoms with Crippen LogP contribution in [0.5, 0.6) is 34.5 Å². The van der Waals surface area contributed by atoms with Crippen LogP contribution in [-0.2, 0) is 0 Å². The Bertz CT molecular complexity index is 1180. The van der Waals surface area contributed by atoms with Crippen molar-refractivity contribution in [2.75, 3.05) is 0 Å². The van der Waals surface area contributed by atoms with E-state index < -0.39 is 17.2 Å². The first-order valence-electron chi connectivity index (χ1n) is 11.8. The van der Waals surface area contributed by atoms with E-state index in [-0.39, 0.29) is 0 Å². The molecule has 0 amide bonds. The van der Waals surface area contributed by atoms with E-state index in [0.717, 1.165) is 0 Å². The third kappa shape index (κ3) is 7.63. The van der Waals surface area contributed by atoms with E-state index >= 15 is 0 Å². The molecule has 38 heavy (non-hydrogen) atoms. The third-order valence-corrected chi connectivity index (χ3v) is 7.02. The first-order chi connectivity index (χ1) is 18.8. The Balaban J connectivity index is 1.38. The van der Waals surface area contributed by atoms with Gasteiger partial charge in [0.15, 0.2) is 11.5 Å². The lowest BCUT2D eigenvalue weighted by atomic mass is 10.3. The SMILES string of the molecule is c1ccc(OP(Oc2ccccc2)Oc2ccccc2OP(Oc2ccccc2)Oc2ccccc2)cc1. The summed E-state index contributed by atoms with van der Waals surface area (Å²) in [6.07, 6.45) is 0. The van der Waals surface area contributed by atoms with E-state index in [4.69, 9.17) is 27.1 Å². The zero-order valence-corrected chi connectivity index (χ0v) is 22.0. The highest BCUT2D eigenvalue weighted by molar-refractivity contribution is 7.43. The molecule has 0 aromatic heterocycles. The van der Waals surface area contributed by atoms with Crippen LogP contribution in [0.3, 0.4) is 0 Å². The van der Waals surface area contributed by atoms with Crippen LogP contribution >= 0.6 is 17.2 Å². The molecule has 6 nitrogen and oxygen atoms in total. The van der Waals surface area contributed by atoms with Gasteiger partial charge in [-0.05, 0) is 60.7 Å². The number of hydrogen-bond acceptors (Lipinski definition) is 6. The van der Waals surface area contributed by atoms with Gasteiger partial charge in [-0.2, -0.15) is 0 Å². The Labute approximate surface area is 224 Å². The molecular formula is C30H24O6P2. The molecule has 0 aliphatic rings. The molecule has 0 radical (unpaired) electrons. The van der Waals surface area contributed by atoms with Crippen molar-refractivity contribution in [2.24, 2.45) is 0 Å². The Hall–Kier alpha value is -4.24. The van der Waals surface area contributed by atoms with E-state index in [2.05, 4.69) is 0 Å². The minimum absolute atomic E-state index is 0.422. The average molecular weight is 542 g/mol. The van der Waals surface area contributed by atoms with Gasteiger partial charge in [-0.25, -0.2) is 0 Å². The predicted molar refractivity (Wildman–Crippen MR) is 150 cm³/mol. The largest absolute Gasteiger partial charge is 0.530 e. The Kier molecular flexibility index (Phi) is 8.92. The molecule has 0 unspecified atom stereocenters. The highest BCUT2D eigenvalue weighted by atomic mass is 31.2. The van der Waals surface area contributed by atoms with E-state index in [9.17, 15) is 0 Å². The van der Waals surface area contributed by atoms with Crippen molar-refractivity contribution in [3.05, 3.63) is 146 Å². The highest BCUT2D eigenvalue weighted by Crippen LogP contribution is 2.49. The van der Waals surface area contributed by atoms with Gasteiger partial charge in [-0.15, -0.1) is 0 Å².